The van der Waals surface area contributed by atoms with Gasteiger partial charge in [-0.1, -0.05) is 6.07 Å². The zero-order chi connectivity index (χ0) is 11.3. The Bertz CT molecular complexity index is 299. The summed E-state index contributed by atoms with van der Waals surface area (Å²) in [5.74, 6) is 0.889. The molecule has 3 nitrogen and oxygen atoms in total. The van der Waals surface area contributed by atoms with Crippen LogP contribution < -0.4 is 15.4 Å². The number of benzene rings is 1. The fourth-order valence-electron chi connectivity index (χ4n) is 1.37. The van der Waals surface area contributed by atoms with Crippen LogP contribution in [0.2, 0.25) is 0 Å². The number of ether oxygens (including phenoxy) is 1. The Labute approximate surface area is 91.8 Å². The van der Waals surface area contributed by atoms with Crippen molar-refractivity contribution in [2.45, 2.75) is 19.4 Å². The Morgan fingerprint density at radius 3 is 2.80 bits per heavy atom. The first-order valence-corrected chi connectivity index (χ1v) is 5.24. The van der Waals surface area contributed by atoms with Gasteiger partial charge in [-0.25, -0.2) is 0 Å². The largest absolute Gasteiger partial charge is 0.497 e. The fourth-order valence-corrected chi connectivity index (χ4v) is 1.37. The molecule has 0 radical (unpaired) electrons. The monoisotopic (exact) mass is 208 g/mol. The predicted octanol–water partition coefficient (Wildman–Crippen LogP) is 1.87. The van der Waals surface area contributed by atoms with Crippen LogP contribution in [0.1, 0.15) is 13.3 Å². The number of rotatable bonds is 5. The Morgan fingerprint density at radius 2 is 2.20 bits per heavy atom. The van der Waals surface area contributed by atoms with Crippen LogP contribution in [0.4, 0.5) is 5.69 Å². The molecule has 0 fully saturated rings. The lowest BCUT2D eigenvalue weighted by molar-refractivity contribution is 0.415. The molecule has 0 aliphatic heterocycles. The molecule has 0 aliphatic carbocycles. The molecule has 3 heteroatoms. The second-order valence-corrected chi connectivity index (χ2v) is 3.89. The summed E-state index contributed by atoms with van der Waals surface area (Å²) < 4.78 is 5.18. The van der Waals surface area contributed by atoms with Gasteiger partial charge in [-0.15, -0.1) is 0 Å². The van der Waals surface area contributed by atoms with E-state index in [-0.39, 0.29) is 6.04 Å². The van der Waals surface area contributed by atoms with Crippen LogP contribution in [0.25, 0.3) is 0 Å². The molecular weight excluding hydrogens is 188 g/mol. The summed E-state index contributed by atoms with van der Waals surface area (Å²) in [7, 11) is 3.75. The van der Waals surface area contributed by atoms with E-state index >= 15 is 0 Å². The van der Waals surface area contributed by atoms with Gasteiger partial charge >= 0.3 is 0 Å². The Hall–Kier alpha value is -1.22. The van der Waals surface area contributed by atoms with Crippen LogP contribution in [0.5, 0.6) is 5.75 Å². The Balaban J connectivity index is 2.60. The summed E-state index contributed by atoms with van der Waals surface area (Å²) in [6.45, 7) is 2.99. The highest BCUT2D eigenvalue weighted by atomic mass is 16.5. The third-order valence-electron chi connectivity index (χ3n) is 2.41. The lowest BCUT2D eigenvalue weighted by Gasteiger charge is -2.20. The summed E-state index contributed by atoms with van der Waals surface area (Å²) in [6, 6.07) is 8.29. The van der Waals surface area contributed by atoms with E-state index in [0.29, 0.717) is 0 Å². The van der Waals surface area contributed by atoms with Crippen molar-refractivity contribution in [3.63, 3.8) is 0 Å². The number of nitrogens with two attached hydrogens (primary N) is 1. The SMILES string of the molecule is COc1cccc(N(C)CCC(C)N)c1. The smallest absolute Gasteiger partial charge is 0.120 e. The first-order chi connectivity index (χ1) is 7.13. The molecule has 1 atom stereocenters. The summed E-state index contributed by atoms with van der Waals surface area (Å²) in [4.78, 5) is 2.19. The average molecular weight is 208 g/mol. The van der Waals surface area contributed by atoms with Crippen molar-refractivity contribution in [2.75, 3.05) is 25.6 Å². The highest BCUT2D eigenvalue weighted by molar-refractivity contribution is 5.49. The Kier molecular flexibility index (Phi) is 4.43. The third kappa shape index (κ3) is 3.80. The molecule has 15 heavy (non-hydrogen) atoms. The molecule has 1 unspecified atom stereocenters. The highest BCUT2D eigenvalue weighted by Gasteiger charge is 2.03. The molecule has 0 heterocycles. The molecule has 2 N–H and O–H groups in total. The number of hydrogen-bond donors (Lipinski definition) is 1. The van der Waals surface area contributed by atoms with Crippen LogP contribution in [-0.4, -0.2) is 26.7 Å². The van der Waals surface area contributed by atoms with Gasteiger partial charge in [0.25, 0.3) is 0 Å². The molecule has 1 rings (SSSR count). The zero-order valence-corrected chi connectivity index (χ0v) is 9.73. The molecule has 0 bridgehead atoms. The number of methoxy groups -OCH3 is 1. The quantitative estimate of drug-likeness (QED) is 0.802. The van der Waals surface area contributed by atoms with Gasteiger partial charge in [0.1, 0.15) is 5.75 Å². The van der Waals surface area contributed by atoms with Crippen LogP contribution in [0, 0.1) is 0 Å². The van der Waals surface area contributed by atoms with Crippen molar-refractivity contribution in [2.24, 2.45) is 5.73 Å². The van der Waals surface area contributed by atoms with Crippen molar-refractivity contribution < 1.29 is 4.74 Å². The van der Waals surface area contributed by atoms with Crippen molar-refractivity contribution in [1.29, 1.82) is 0 Å². The topological polar surface area (TPSA) is 38.5 Å². The minimum atomic E-state index is 0.248. The minimum absolute atomic E-state index is 0.248. The van der Waals surface area contributed by atoms with Gasteiger partial charge < -0.3 is 15.4 Å². The summed E-state index contributed by atoms with van der Waals surface area (Å²) >= 11 is 0. The van der Waals surface area contributed by atoms with E-state index in [0.717, 1.165) is 24.4 Å². The van der Waals surface area contributed by atoms with Crippen LogP contribution in [-0.2, 0) is 0 Å². The normalized spacial score (nSPS) is 12.3. The molecule has 0 saturated heterocycles. The summed E-state index contributed by atoms with van der Waals surface area (Å²) in [6.07, 6.45) is 0.994. The predicted molar refractivity (Wildman–Crippen MR) is 64.5 cm³/mol. The van der Waals surface area contributed by atoms with Crippen molar-refractivity contribution in [1.82, 2.24) is 0 Å². The highest BCUT2D eigenvalue weighted by Crippen LogP contribution is 2.19. The van der Waals surface area contributed by atoms with Crippen LogP contribution >= 0.6 is 0 Å². The second kappa shape index (κ2) is 5.61. The van der Waals surface area contributed by atoms with Crippen LogP contribution in [0.15, 0.2) is 24.3 Å². The number of nitrogens with zero attached hydrogens (tertiary/aromatic N) is 1. The van der Waals surface area contributed by atoms with Gasteiger partial charge in [0.2, 0.25) is 0 Å². The first-order valence-electron chi connectivity index (χ1n) is 5.24. The molecule has 0 aromatic heterocycles. The second-order valence-electron chi connectivity index (χ2n) is 3.89. The number of hydrogen-bond acceptors (Lipinski definition) is 3. The molecule has 0 amide bonds. The van der Waals surface area contributed by atoms with E-state index < -0.39 is 0 Å². The molecule has 0 aliphatic rings. The molecule has 0 spiro atoms. The average Bonchev–Trinajstić information content (AvgIpc) is 2.26. The van der Waals surface area contributed by atoms with Gasteiger partial charge in [0, 0.05) is 31.4 Å². The standard InChI is InChI=1S/C12H20N2O/c1-10(13)7-8-14(2)11-5-4-6-12(9-11)15-3/h4-6,9-10H,7-8,13H2,1-3H3. The summed E-state index contributed by atoms with van der Waals surface area (Å²) in [5, 5.41) is 0. The van der Waals surface area contributed by atoms with E-state index in [4.69, 9.17) is 10.5 Å². The molecular formula is C12H20N2O. The van der Waals surface area contributed by atoms with E-state index in [1.165, 1.54) is 0 Å². The van der Waals surface area contributed by atoms with Gasteiger partial charge in [-0.3, -0.25) is 0 Å². The molecule has 0 saturated carbocycles. The maximum atomic E-state index is 5.72. The maximum Gasteiger partial charge on any atom is 0.120 e. The summed E-state index contributed by atoms with van der Waals surface area (Å²) in [5.41, 5.74) is 6.89. The zero-order valence-electron chi connectivity index (χ0n) is 9.73. The minimum Gasteiger partial charge on any atom is -0.497 e. The van der Waals surface area contributed by atoms with Crippen molar-refractivity contribution >= 4 is 5.69 Å². The van der Waals surface area contributed by atoms with Gasteiger partial charge in [0.05, 0.1) is 7.11 Å². The van der Waals surface area contributed by atoms with Gasteiger partial charge in [0.15, 0.2) is 0 Å². The van der Waals surface area contributed by atoms with Crippen molar-refractivity contribution in [3.05, 3.63) is 24.3 Å². The van der Waals surface area contributed by atoms with Crippen molar-refractivity contribution in [3.8, 4) is 5.75 Å². The molecule has 1 aromatic rings. The fraction of sp³-hybridized carbons (Fsp3) is 0.500. The molecule has 1 aromatic carbocycles. The van der Waals surface area contributed by atoms with E-state index in [2.05, 4.69) is 18.0 Å². The Morgan fingerprint density at radius 1 is 1.47 bits per heavy atom. The van der Waals surface area contributed by atoms with Crippen LogP contribution in [0.3, 0.4) is 0 Å². The van der Waals surface area contributed by atoms with E-state index in [9.17, 15) is 0 Å². The van der Waals surface area contributed by atoms with Gasteiger partial charge in [-0.05, 0) is 25.5 Å². The van der Waals surface area contributed by atoms with E-state index in [1.54, 1.807) is 7.11 Å². The number of anilines is 1. The van der Waals surface area contributed by atoms with E-state index in [1.807, 2.05) is 25.1 Å². The molecule has 84 valence electrons. The van der Waals surface area contributed by atoms with Gasteiger partial charge in [-0.2, -0.15) is 0 Å². The first kappa shape index (κ1) is 11.9. The third-order valence-corrected chi connectivity index (χ3v) is 2.41. The maximum absolute atomic E-state index is 5.72. The lowest BCUT2D eigenvalue weighted by Crippen LogP contribution is -2.25. The lowest BCUT2D eigenvalue weighted by atomic mass is 10.2.